The van der Waals surface area contributed by atoms with Gasteiger partial charge in [0.25, 0.3) is 0 Å². The molecule has 4 heteroatoms. The Bertz CT molecular complexity index is 260. The summed E-state index contributed by atoms with van der Waals surface area (Å²) in [4.78, 5) is 11.6. The van der Waals surface area contributed by atoms with Crippen molar-refractivity contribution in [2.45, 2.75) is 103 Å². The molecule has 4 nitrogen and oxygen atoms in total. The van der Waals surface area contributed by atoms with Crippen LogP contribution in [0.3, 0.4) is 0 Å². The van der Waals surface area contributed by atoms with Crippen molar-refractivity contribution in [2.75, 3.05) is 13.2 Å². The smallest absolute Gasteiger partial charge is 0.305 e. The molecule has 0 aromatic heterocycles. The molecule has 0 saturated carbocycles. The van der Waals surface area contributed by atoms with Crippen LogP contribution in [0.1, 0.15) is 96.8 Å². The van der Waals surface area contributed by atoms with Crippen LogP contribution >= 0.6 is 0 Å². The van der Waals surface area contributed by atoms with Gasteiger partial charge in [-0.3, -0.25) is 4.79 Å². The largest absolute Gasteiger partial charge is 0.466 e. The Hall–Kier alpha value is -0.610. The molecule has 0 aliphatic heterocycles. The molecule has 0 saturated heterocycles. The minimum absolute atomic E-state index is 0.0523. The summed E-state index contributed by atoms with van der Waals surface area (Å²) in [6.45, 7) is 3.45. The Morgan fingerprint density at radius 1 is 0.870 bits per heavy atom. The zero-order valence-electron chi connectivity index (χ0n) is 15.4. The summed E-state index contributed by atoms with van der Waals surface area (Å²) in [5, 5.41) is 0. The van der Waals surface area contributed by atoms with Crippen molar-refractivity contribution >= 4 is 5.97 Å². The summed E-state index contributed by atoms with van der Waals surface area (Å²) in [7, 11) is 0. The first-order chi connectivity index (χ1) is 11.2. The van der Waals surface area contributed by atoms with E-state index >= 15 is 0 Å². The predicted octanol–water partition coefficient (Wildman–Crippen LogP) is 4.30. The molecule has 1 atom stereocenters. The molecular weight excluding hydrogens is 288 g/mol. The number of carbonyl (C=O) groups excluding carboxylic acids is 1. The maximum atomic E-state index is 11.6. The maximum Gasteiger partial charge on any atom is 0.305 e. The number of carbonyl (C=O) groups is 1. The maximum absolute atomic E-state index is 11.6. The van der Waals surface area contributed by atoms with E-state index in [-0.39, 0.29) is 12.0 Å². The van der Waals surface area contributed by atoms with Gasteiger partial charge in [-0.05, 0) is 38.6 Å². The zero-order valence-corrected chi connectivity index (χ0v) is 15.4. The lowest BCUT2D eigenvalue weighted by Crippen LogP contribution is -2.21. The fourth-order valence-electron chi connectivity index (χ4n) is 2.71. The average molecular weight is 329 g/mol. The van der Waals surface area contributed by atoms with Crippen LogP contribution in [0.5, 0.6) is 0 Å². The molecule has 1 unspecified atom stereocenters. The van der Waals surface area contributed by atoms with Gasteiger partial charge in [0.1, 0.15) is 0 Å². The Balaban J connectivity index is 3.25. The fourth-order valence-corrected chi connectivity index (χ4v) is 2.71. The Morgan fingerprint density at radius 3 is 2.04 bits per heavy atom. The Labute approximate surface area is 143 Å². The first-order valence-electron chi connectivity index (χ1n) is 9.82. The average Bonchev–Trinajstić information content (AvgIpc) is 2.55. The van der Waals surface area contributed by atoms with Gasteiger partial charge in [-0.25, -0.2) is 0 Å². The summed E-state index contributed by atoms with van der Waals surface area (Å²) in [5.41, 5.74) is 11.4. The van der Waals surface area contributed by atoms with Crippen LogP contribution in [-0.4, -0.2) is 25.2 Å². The molecule has 0 radical (unpaired) electrons. The van der Waals surface area contributed by atoms with Crippen LogP contribution in [0.2, 0.25) is 0 Å². The van der Waals surface area contributed by atoms with Gasteiger partial charge >= 0.3 is 5.97 Å². The highest BCUT2D eigenvalue weighted by Gasteiger charge is 2.05. The molecule has 4 N–H and O–H groups in total. The van der Waals surface area contributed by atoms with Gasteiger partial charge in [0, 0.05) is 12.5 Å². The van der Waals surface area contributed by atoms with E-state index in [4.69, 9.17) is 16.2 Å². The van der Waals surface area contributed by atoms with Gasteiger partial charge in [0.2, 0.25) is 0 Å². The number of unbranched alkanes of at least 4 members (excludes halogenated alkanes) is 8. The Morgan fingerprint density at radius 2 is 1.43 bits per heavy atom. The SMILES string of the molecule is CCCCCCCCCCCC(=O)OCCCC(N)CCCN. The molecule has 0 aliphatic carbocycles. The van der Waals surface area contributed by atoms with Gasteiger partial charge < -0.3 is 16.2 Å². The van der Waals surface area contributed by atoms with Crippen LogP contribution < -0.4 is 11.5 Å². The van der Waals surface area contributed by atoms with Crippen molar-refractivity contribution in [3.63, 3.8) is 0 Å². The van der Waals surface area contributed by atoms with Crippen molar-refractivity contribution in [1.82, 2.24) is 0 Å². The topological polar surface area (TPSA) is 78.3 Å². The second kappa shape index (κ2) is 17.7. The number of rotatable bonds is 17. The monoisotopic (exact) mass is 328 g/mol. The van der Waals surface area contributed by atoms with E-state index in [0.29, 0.717) is 19.6 Å². The number of hydrogen-bond donors (Lipinski definition) is 2. The highest BCUT2D eigenvalue weighted by molar-refractivity contribution is 5.69. The van der Waals surface area contributed by atoms with Crippen LogP contribution in [-0.2, 0) is 9.53 Å². The molecule has 0 rings (SSSR count). The van der Waals surface area contributed by atoms with Crippen molar-refractivity contribution < 1.29 is 9.53 Å². The van der Waals surface area contributed by atoms with Crippen molar-refractivity contribution in [2.24, 2.45) is 11.5 Å². The minimum atomic E-state index is -0.0523. The van der Waals surface area contributed by atoms with E-state index < -0.39 is 0 Å². The summed E-state index contributed by atoms with van der Waals surface area (Å²) < 4.78 is 5.25. The molecule has 0 aliphatic rings. The van der Waals surface area contributed by atoms with Crippen molar-refractivity contribution in [3.05, 3.63) is 0 Å². The normalized spacial score (nSPS) is 12.3. The first kappa shape index (κ1) is 22.4. The molecule has 0 fully saturated rings. The molecule has 0 amide bonds. The standard InChI is InChI=1S/C19H40N2O2/c1-2-3-4-5-6-7-8-9-10-15-19(22)23-17-12-14-18(21)13-11-16-20/h18H,2-17,20-21H2,1H3. The quantitative estimate of drug-likeness (QED) is 0.308. The van der Waals surface area contributed by atoms with E-state index in [1.807, 2.05) is 0 Å². The third kappa shape index (κ3) is 17.6. The molecule has 0 bridgehead atoms. The summed E-state index contributed by atoms with van der Waals surface area (Å²) in [5.74, 6) is -0.0523. The van der Waals surface area contributed by atoms with Gasteiger partial charge in [-0.2, -0.15) is 0 Å². The molecular formula is C19H40N2O2. The van der Waals surface area contributed by atoms with Gasteiger partial charge in [-0.1, -0.05) is 58.3 Å². The van der Waals surface area contributed by atoms with Gasteiger partial charge in [0.05, 0.1) is 6.61 Å². The second-order valence-corrected chi connectivity index (χ2v) is 6.63. The third-order valence-electron chi connectivity index (χ3n) is 4.25. The van der Waals surface area contributed by atoms with Crippen LogP contribution in [0.15, 0.2) is 0 Å². The van der Waals surface area contributed by atoms with E-state index in [2.05, 4.69) is 6.92 Å². The summed E-state index contributed by atoms with van der Waals surface area (Å²) >= 11 is 0. The molecule has 0 heterocycles. The third-order valence-corrected chi connectivity index (χ3v) is 4.25. The summed E-state index contributed by atoms with van der Waals surface area (Å²) in [6.07, 6.45) is 15.7. The predicted molar refractivity (Wildman–Crippen MR) is 98.3 cm³/mol. The molecule has 138 valence electrons. The lowest BCUT2D eigenvalue weighted by molar-refractivity contribution is -0.143. The molecule has 0 aromatic carbocycles. The van der Waals surface area contributed by atoms with Gasteiger partial charge in [0.15, 0.2) is 0 Å². The molecule has 0 spiro atoms. The van der Waals surface area contributed by atoms with E-state index in [1.165, 1.54) is 44.9 Å². The highest BCUT2D eigenvalue weighted by atomic mass is 16.5. The van der Waals surface area contributed by atoms with E-state index in [1.54, 1.807) is 0 Å². The van der Waals surface area contributed by atoms with Crippen molar-refractivity contribution in [3.8, 4) is 0 Å². The first-order valence-corrected chi connectivity index (χ1v) is 9.82. The van der Waals surface area contributed by atoms with Crippen LogP contribution in [0, 0.1) is 0 Å². The van der Waals surface area contributed by atoms with Crippen LogP contribution in [0.25, 0.3) is 0 Å². The lowest BCUT2D eigenvalue weighted by atomic mass is 10.1. The van der Waals surface area contributed by atoms with Crippen molar-refractivity contribution in [1.29, 1.82) is 0 Å². The van der Waals surface area contributed by atoms with Crippen LogP contribution in [0.4, 0.5) is 0 Å². The number of esters is 1. The summed E-state index contributed by atoms with van der Waals surface area (Å²) in [6, 6.07) is 0.189. The minimum Gasteiger partial charge on any atom is -0.466 e. The number of ether oxygens (including phenoxy) is 1. The Kier molecular flexibility index (Phi) is 17.3. The van der Waals surface area contributed by atoms with Gasteiger partial charge in [-0.15, -0.1) is 0 Å². The van der Waals surface area contributed by atoms with E-state index in [0.717, 1.165) is 38.5 Å². The number of hydrogen-bond acceptors (Lipinski definition) is 4. The zero-order chi connectivity index (χ0) is 17.2. The molecule has 0 aromatic rings. The van der Waals surface area contributed by atoms with E-state index in [9.17, 15) is 4.79 Å². The highest BCUT2D eigenvalue weighted by Crippen LogP contribution is 2.11. The molecule has 23 heavy (non-hydrogen) atoms. The lowest BCUT2D eigenvalue weighted by Gasteiger charge is -2.10. The fraction of sp³-hybridized carbons (Fsp3) is 0.947. The second-order valence-electron chi connectivity index (χ2n) is 6.63. The number of nitrogens with two attached hydrogens (primary N) is 2.